The first-order valence-electron chi connectivity index (χ1n) is 5.33. The number of carboxylic acid groups (broad SMARTS) is 2. The number of aliphatic carboxylic acids is 2. The minimum absolute atomic E-state index is 0. The average molecular weight is 554 g/mol. The van der Waals surface area contributed by atoms with Crippen molar-refractivity contribution in [2.45, 2.75) is 25.9 Å². The molecule has 0 aromatic heterocycles. The van der Waals surface area contributed by atoms with Crippen LogP contribution in [-0.2, 0) is 40.2 Å². The van der Waals surface area contributed by atoms with Crippen LogP contribution in [0.15, 0.2) is 0 Å². The van der Waals surface area contributed by atoms with E-state index in [1.165, 1.54) is 13.8 Å². The molecule has 0 aliphatic carbocycles. The van der Waals surface area contributed by atoms with Gasteiger partial charge in [-0.05, 0) is 0 Å². The van der Waals surface area contributed by atoms with Crippen LogP contribution in [0.5, 0.6) is 0 Å². The predicted molar refractivity (Wildman–Crippen MR) is 83.0 cm³/mol. The van der Waals surface area contributed by atoms with Gasteiger partial charge in [0.25, 0.3) is 0 Å². The summed E-state index contributed by atoms with van der Waals surface area (Å²) >= 11 is 7.39. The van der Waals surface area contributed by atoms with E-state index in [4.69, 9.17) is 0 Å². The van der Waals surface area contributed by atoms with Gasteiger partial charge < -0.3 is 42.7 Å². The molecule has 23 heavy (non-hydrogen) atoms. The molecule has 0 radical (unpaired) electrons. The zero-order chi connectivity index (χ0) is 16.3. The van der Waals surface area contributed by atoms with Gasteiger partial charge in [0.1, 0.15) is 0 Å². The van der Waals surface area contributed by atoms with Crippen LogP contribution in [0.25, 0.3) is 0 Å². The Balaban J connectivity index is -0.0000000831. The maximum Gasteiger partial charge on any atom is 4.00 e. The van der Waals surface area contributed by atoms with Crippen molar-refractivity contribution < 1.29 is 50.5 Å². The van der Waals surface area contributed by atoms with E-state index in [9.17, 15) is 29.4 Å². The molecule has 0 saturated carbocycles. The average Bonchev–Trinajstić information content (AvgIpc) is 2.32. The summed E-state index contributed by atoms with van der Waals surface area (Å²) in [6.45, 7) is 2.47. The number of thiol groups is 2. The van der Waals surface area contributed by atoms with Crippen LogP contribution in [0.3, 0.4) is 0 Å². The molecule has 0 bridgehead atoms. The molecule has 2 unspecified atom stereocenters. The van der Waals surface area contributed by atoms with Gasteiger partial charge in [-0.25, -0.2) is 0 Å². The quantitative estimate of drug-likeness (QED) is 0.183. The number of amides is 2. The second-order valence-electron chi connectivity index (χ2n) is 3.51. The predicted octanol–water partition coefficient (Wildman–Crippen LogP) is -3.34. The van der Waals surface area contributed by atoms with E-state index in [0.29, 0.717) is 0 Å². The molecule has 0 saturated heterocycles. The zero-order valence-corrected chi connectivity index (χ0v) is 16.7. The third-order valence-corrected chi connectivity index (χ3v) is 2.42. The Morgan fingerprint density at radius 1 is 0.826 bits per heavy atom. The van der Waals surface area contributed by atoms with Gasteiger partial charge in [0.2, 0.25) is 11.8 Å². The van der Waals surface area contributed by atoms with Crippen molar-refractivity contribution in [3.63, 3.8) is 0 Å². The van der Waals surface area contributed by atoms with E-state index in [1.807, 2.05) is 0 Å². The van der Waals surface area contributed by atoms with Gasteiger partial charge in [-0.1, -0.05) is 0 Å². The molecule has 0 spiro atoms. The molecule has 138 valence electrons. The molecule has 0 aliphatic rings. The molecular formula is C10H22N4O6PtS2+2. The Kier molecular flexibility index (Phi) is 28.2. The van der Waals surface area contributed by atoms with Crippen molar-refractivity contribution in [3.05, 3.63) is 0 Å². The van der Waals surface area contributed by atoms with Crippen molar-refractivity contribution in [1.82, 2.24) is 22.9 Å². The standard InChI is InChI=1S/2C5H9NO3S.2H3N.Pt/c2*1-3(7)6-4(2-10)5(8)9;;;/h2*4,10H,2H2,1H3,(H,6,7)(H,8,9);2*1H3;/q;;;;+4/p-2. The van der Waals surface area contributed by atoms with E-state index in [2.05, 4.69) is 35.9 Å². The van der Waals surface area contributed by atoms with E-state index in [-0.39, 0.29) is 44.9 Å². The molecule has 0 fully saturated rings. The summed E-state index contributed by atoms with van der Waals surface area (Å²) in [6.07, 6.45) is 0. The second-order valence-corrected chi connectivity index (χ2v) is 4.24. The summed E-state index contributed by atoms with van der Waals surface area (Å²) < 4.78 is 0. The molecule has 2 atom stereocenters. The summed E-state index contributed by atoms with van der Waals surface area (Å²) in [5.41, 5.74) is 0. The summed E-state index contributed by atoms with van der Waals surface area (Å²) in [7, 11) is 0. The van der Waals surface area contributed by atoms with E-state index in [0.717, 1.165) is 0 Å². The molecule has 0 aliphatic heterocycles. The smallest absolute Gasteiger partial charge is 0.548 e. The van der Waals surface area contributed by atoms with Gasteiger partial charge in [-0.2, -0.15) is 25.3 Å². The number of nitrogens with one attached hydrogen (secondary N) is 2. The zero-order valence-electron chi connectivity index (χ0n) is 12.6. The first kappa shape index (κ1) is 33.7. The van der Waals surface area contributed by atoms with Gasteiger partial charge >= 0.3 is 21.1 Å². The van der Waals surface area contributed by atoms with Crippen LogP contribution in [0.1, 0.15) is 13.8 Å². The Bertz CT molecular complexity index is 341. The van der Waals surface area contributed by atoms with Crippen LogP contribution in [0.4, 0.5) is 0 Å². The van der Waals surface area contributed by atoms with Crippen LogP contribution in [-0.4, -0.2) is 47.3 Å². The number of carbonyl (C=O) groups is 4. The first-order chi connectivity index (χ1) is 9.15. The van der Waals surface area contributed by atoms with Gasteiger partial charge in [0.15, 0.2) is 0 Å². The van der Waals surface area contributed by atoms with Gasteiger partial charge in [0.05, 0.1) is 24.0 Å². The van der Waals surface area contributed by atoms with Gasteiger partial charge in [0, 0.05) is 25.4 Å². The number of hydrogen-bond acceptors (Lipinski definition) is 10. The SMILES string of the molecule is CC(=O)NC(CS)C(=O)[O-].CC(=O)NC(CS)C(=O)[O-].N.N.[Pt+4]. The molecular weight excluding hydrogens is 531 g/mol. The number of carbonyl (C=O) groups excluding carboxylic acids is 4. The van der Waals surface area contributed by atoms with Crippen molar-refractivity contribution in [2.24, 2.45) is 0 Å². The van der Waals surface area contributed by atoms with E-state index >= 15 is 0 Å². The summed E-state index contributed by atoms with van der Waals surface area (Å²) in [5.74, 6) is -3.34. The van der Waals surface area contributed by atoms with E-state index < -0.39 is 35.8 Å². The van der Waals surface area contributed by atoms with Gasteiger partial charge in [-0.15, -0.1) is 0 Å². The molecule has 2 amide bonds. The molecule has 10 nitrogen and oxygen atoms in total. The van der Waals surface area contributed by atoms with Crippen LogP contribution >= 0.6 is 25.3 Å². The Morgan fingerprint density at radius 3 is 1.09 bits per heavy atom. The van der Waals surface area contributed by atoms with Crippen molar-refractivity contribution in [2.75, 3.05) is 11.5 Å². The Hall–Kier alpha value is -0.812. The molecule has 0 aromatic rings. The second kappa shape index (κ2) is 19.2. The number of carboxylic acids is 2. The van der Waals surface area contributed by atoms with Crippen molar-refractivity contribution in [3.8, 4) is 0 Å². The van der Waals surface area contributed by atoms with Crippen LogP contribution in [0, 0.1) is 0 Å². The summed E-state index contributed by atoms with van der Waals surface area (Å²) in [4.78, 5) is 40.7. The molecule has 0 heterocycles. The summed E-state index contributed by atoms with van der Waals surface area (Å²) in [5, 5.41) is 24.5. The fourth-order valence-corrected chi connectivity index (χ4v) is 1.33. The normalized spacial score (nSPS) is 10.6. The minimum atomic E-state index is -1.31. The molecule has 0 aromatic carbocycles. The van der Waals surface area contributed by atoms with Gasteiger partial charge in [-0.3, -0.25) is 9.59 Å². The fourth-order valence-electron chi connectivity index (χ4n) is 0.849. The van der Waals surface area contributed by atoms with Crippen LogP contribution in [0.2, 0.25) is 0 Å². The minimum Gasteiger partial charge on any atom is -0.548 e. The fraction of sp³-hybridized carbons (Fsp3) is 0.600. The molecule has 13 heteroatoms. The topological polar surface area (TPSA) is 208 Å². The Labute approximate surface area is 159 Å². The number of hydrogen-bond donors (Lipinski definition) is 6. The maximum atomic E-state index is 10.3. The number of rotatable bonds is 6. The Morgan fingerprint density at radius 2 is 1.04 bits per heavy atom. The third kappa shape index (κ3) is 21.2. The summed E-state index contributed by atoms with van der Waals surface area (Å²) in [6, 6.07) is -1.97. The van der Waals surface area contributed by atoms with Crippen LogP contribution < -0.4 is 33.1 Å². The molecule has 8 N–H and O–H groups in total. The van der Waals surface area contributed by atoms with Crippen molar-refractivity contribution >= 4 is 49.0 Å². The van der Waals surface area contributed by atoms with E-state index in [1.54, 1.807) is 0 Å². The largest absolute Gasteiger partial charge is 4.00 e. The first-order valence-corrected chi connectivity index (χ1v) is 6.59. The third-order valence-electron chi connectivity index (χ3n) is 1.69. The molecule has 0 rings (SSSR count). The monoisotopic (exact) mass is 553 g/mol. The van der Waals surface area contributed by atoms with Crippen molar-refractivity contribution in [1.29, 1.82) is 0 Å². The maximum absolute atomic E-state index is 10.3.